The summed E-state index contributed by atoms with van der Waals surface area (Å²) >= 11 is 0. The number of unbranched alkanes of at least 4 members (excludes halogenated alkanes) is 3. The van der Waals surface area contributed by atoms with Gasteiger partial charge in [-0.1, -0.05) is 26.2 Å². The van der Waals surface area contributed by atoms with Gasteiger partial charge in [-0.2, -0.15) is 5.10 Å². The first-order valence-corrected chi connectivity index (χ1v) is 14.3. The number of anilines is 3. The number of hydrogen-bond acceptors (Lipinski definition) is 6. The van der Waals surface area contributed by atoms with E-state index in [1.54, 1.807) is 12.3 Å². The average Bonchev–Trinajstić information content (AvgIpc) is 3.38. The Hall–Kier alpha value is -3.00. The number of aromatic nitrogens is 4. The van der Waals surface area contributed by atoms with Gasteiger partial charge in [-0.05, 0) is 75.8 Å². The molecule has 2 fully saturated rings. The van der Waals surface area contributed by atoms with Gasteiger partial charge in [-0.15, -0.1) is 0 Å². The molecule has 2 aliphatic heterocycles. The van der Waals surface area contributed by atoms with Crippen molar-refractivity contribution >= 4 is 17.3 Å². The predicted octanol–water partition coefficient (Wildman–Crippen LogP) is 6.59. The van der Waals surface area contributed by atoms with Gasteiger partial charge in [0.15, 0.2) is 0 Å². The van der Waals surface area contributed by atoms with E-state index in [1.807, 2.05) is 36.1 Å². The van der Waals surface area contributed by atoms with Crippen LogP contribution in [0.1, 0.15) is 70.9 Å². The van der Waals surface area contributed by atoms with Gasteiger partial charge in [-0.25, -0.2) is 14.4 Å². The van der Waals surface area contributed by atoms with E-state index in [0.29, 0.717) is 22.7 Å². The summed E-state index contributed by atoms with van der Waals surface area (Å²) in [6, 6.07) is 5.64. The molecule has 0 atom stereocenters. The van der Waals surface area contributed by atoms with E-state index in [9.17, 15) is 0 Å². The number of hydrogen-bond donors (Lipinski definition) is 1. The molecular weight excluding hydrogens is 477 g/mol. The van der Waals surface area contributed by atoms with Gasteiger partial charge in [-0.3, -0.25) is 4.68 Å². The molecule has 1 N–H and O–H groups in total. The Morgan fingerprint density at radius 2 is 1.87 bits per heavy atom. The number of halogens is 1. The zero-order chi connectivity index (χ0) is 26.7. The molecule has 0 bridgehead atoms. The standard InChI is InChI=1S/C30H42FN7/c1-5-6-7-8-13-36-20-30(21-36)11-14-37(15-12-30)27-10-9-25(16-26(27)31)34-29-32-17-23(4)28(35-29)24-18-33-38(19-24)22(2)3/h9-10,16-19,22H,5-8,11-15,20-21H2,1-4H3,(H,32,34,35). The van der Waals surface area contributed by atoms with Crippen molar-refractivity contribution in [1.82, 2.24) is 24.6 Å². The Labute approximate surface area is 226 Å². The number of piperidine rings is 1. The lowest BCUT2D eigenvalue weighted by Crippen LogP contribution is -2.60. The fourth-order valence-corrected chi connectivity index (χ4v) is 5.87. The van der Waals surface area contributed by atoms with E-state index >= 15 is 4.39 Å². The molecule has 204 valence electrons. The zero-order valence-electron chi connectivity index (χ0n) is 23.4. The van der Waals surface area contributed by atoms with Gasteiger partial charge in [0.1, 0.15) is 5.82 Å². The quantitative estimate of drug-likeness (QED) is 0.305. The molecule has 0 radical (unpaired) electrons. The third-order valence-electron chi connectivity index (χ3n) is 8.19. The number of benzene rings is 1. The Balaban J connectivity index is 1.18. The summed E-state index contributed by atoms with van der Waals surface area (Å²) in [5.41, 5.74) is 4.51. The largest absolute Gasteiger partial charge is 0.369 e. The number of nitrogens with one attached hydrogen (secondary N) is 1. The second kappa shape index (κ2) is 11.4. The summed E-state index contributed by atoms with van der Waals surface area (Å²) in [5, 5.41) is 7.62. The Bertz CT molecular complexity index is 1220. The lowest BCUT2D eigenvalue weighted by Gasteiger charge is -2.54. The van der Waals surface area contributed by atoms with Crippen LogP contribution in [0.3, 0.4) is 0 Å². The monoisotopic (exact) mass is 519 g/mol. The van der Waals surface area contributed by atoms with Crippen LogP contribution >= 0.6 is 0 Å². The maximum atomic E-state index is 15.2. The van der Waals surface area contributed by atoms with Crippen LogP contribution in [0.5, 0.6) is 0 Å². The number of likely N-dealkylation sites (tertiary alicyclic amines) is 1. The molecule has 0 aliphatic carbocycles. The molecule has 2 saturated heterocycles. The van der Waals surface area contributed by atoms with Crippen molar-refractivity contribution in [3.63, 3.8) is 0 Å². The molecule has 38 heavy (non-hydrogen) atoms. The third-order valence-corrected chi connectivity index (χ3v) is 8.19. The summed E-state index contributed by atoms with van der Waals surface area (Å²) < 4.78 is 17.1. The number of rotatable bonds is 10. The van der Waals surface area contributed by atoms with E-state index in [-0.39, 0.29) is 11.9 Å². The summed E-state index contributed by atoms with van der Waals surface area (Å²) in [5.74, 6) is 0.238. The molecule has 3 aromatic rings. The van der Waals surface area contributed by atoms with Crippen molar-refractivity contribution < 1.29 is 4.39 Å². The fourth-order valence-electron chi connectivity index (χ4n) is 5.87. The molecule has 7 nitrogen and oxygen atoms in total. The summed E-state index contributed by atoms with van der Waals surface area (Å²) in [6.07, 6.45) is 13.2. The van der Waals surface area contributed by atoms with Gasteiger partial charge in [0, 0.05) is 55.9 Å². The first-order valence-electron chi connectivity index (χ1n) is 14.3. The molecule has 0 amide bonds. The minimum Gasteiger partial charge on any atom is -0.369 e. The third kappa shape index (κ3) is 5.85. The van der Waals surface area contributed by atoms with Crippen LogP contribution in [-0.2, 0) is 0 Å². The van der Waals surface area contributed by atoms with Crippen molar-refractivity contribution in [3.8, 4) is 11.3 Å². The smallest absolute Gasteiger partial charge is 0.227 e. The zero-order valence-corrected chi connectivity index (χ0v) is 23.4. The molecule has 8 heteroatoms. The van der Waals surface area contributed by atoms with Gasteiger partial charge >= 0.3 is 0 Å². The second-order valence-corrected chi connectivity index (χ2v) is 11.6. The lowest BCUT2D eigenvalue weighted by molar-refractivity contribution is -0.0190. The maximum Gasteiger partial charge on any atom is 0.227 e. The van der Waals surface area contributed by atoms with Crippen molar-refractivity contribution in [1.29, 1.82) is 0 Å². The fraction of sp³-hybridized carbons (Fsp3) is 0.567. The topological polar surface area (TPSA) is 62.1 Å². The lowest BCUT2D eigenvalue weighted by atomic mass is 9.72. The first kappa shape index (κ1) is 26.6. The van der Waals surface area contributed by atoms with Crippen molar-refractivity contribution in [2.24, 2.45) is 5.41 Å². The van der Waals surface area contributed by atoms with E-state index in [2.05, 4.69) is 46.0 Å². The second-order valence-electron chi connectivity index (χ2n) is 11.6. The van der Waals surface area contributed by atoms with Crippen molar-refractivity contribution in [2.75, 3.05) is 42.9 Å². The van der Waals surface area contributed by atoms with Gasteiger partial charge in [0.2, 0.25) is 5.95 Å². The van der Waals surface area contributed by atoms with Crippen LogP contribution < -0.4 is 10.2 Å². The normalized spacial score (nSPS) is 17.3. The summed E-state index contributed by atoms with van der Waals surface area (Å²) in [4.78, 5) is 14.0. The Morgan fingerprint density at radius 3 is 2.55 bits per heavy atom. The van der Waals surface area contributed by atoms with Crippen LogP contribution in [0.15, 0.2) is 36.8 Å². The van der Waals surface area contributed by atoms with E-state index in [0.717, 1.165) is 42.8 Å². The highest BCUT2D eigenvalue weighted by Gasteiger charge is 2.44. The molecule has 2 aromatic heterocycles. The molecule has 1 aromatic carbocycles. The summed E-state index contributed by atoms with van der Waals surface area (Å²) in [6.45, 7) is 13.9. The van der Waals surface area contributed by atoms with Gasteiger partial charge < -0.3 is 15.1 Å². The molecule has 4 heterocycles. The summed E-state index contributed by atoms with van der Waals surface area (Å²) in [7, 11) is 0. The van der Waals surface area contributed by atoms with E-state index in [1.165, 1.54) is 45.3 Å². The van der Waals surface area contributed by atoms with Crippen LogP contribution in [0, 0.1) is 18.2 Å². The predicted molar refractivity (Wildman–Crippen MR) is 153 cm³/mol. The molecule has 2 aliphatic rings. The van der Waals surface area contributed by atoms with Crippen LogP contribution in [0.4, 0.5) is 21.7 Å². The van der Waals surface area contributed by atoms with E-state index in [4.69, 9.17) is 4.98 Å². The molecule has 5 rings (SSSR count). The first-order chi connectivity index (χ1) is 18.4. The number of nitrogens with zero attached hydrogens (tertiary/aromatic N) is 6. The van der Waals surface area contributed by atoms with Gasteiger partial charge in [0.25, 0.3) is 0 Å². The maximum absolute atomic E-state index is 15.2. The van der Waals surface area contributed by atoms with Gasteiger partial charge in [0.05, 0.1) is 17.6 Å². The highest BCUT2D eigenvalue weighted by Crippen LogP contribution is 2.42. The molecular formula is C30H42FN7. The molecule has 1 spiro atoms. The van der Waals surface area contributed by atoms with Crippen LogP contribution in [0.25, 0.3) is 11.3 Å². The number of aryl methyl sites for hydroxylation is 1. The highest BCUT2D eigenvalue weighted by molar-refractivity contribution is 5.65. The average molecular weight is 520 g/mol. The highest BCUT2D eigenvalue weighted by atomic mass is 19.1. The van der Waals surface area contributed by atoms with Crippen molar-refractivity contribution in [3.05, 3.63) is 48.2 Å². The SMILES string of the molecule is CCCCCCN1CC2(CCN(c3ccc(Nc4ncc(C)c(-c5cnn(C(C)C)c5)n4)cc3F)CC2)C1. The molecule has 0 unspecified atom stereocenters. The van der Waals surface area contributed by atoms with Crippen molar-refractivity contribution in [2.45, 2.75) is 72.3 Å². The Morgan fingerprint density at radius 1 is 1.08 bits per heavy atom. The van der Waals surface area contributed by atoms with Crippen LogP contribution in [0.2, 0.25) is 0 Å². The minimum atomic E-state index is -0.206. The van der Waals surface area contributed by atoms with E-state index < -0.39 is 0 Å². The minimum absolute atomic E-state index is 0.206. The Kier molecular flexibility index (Phi) is 7.98. The molecule has 0 saturated carbocycles. The van der Waals surface area contributed by atoms with Crippen LogP contribution in [-0.4, -0.2) is 57.4 Å².